The molecule has 2 rings (SSSR count). The number of benzene rings is 1. The Hall–Kier alpha value is -2.90. The first-order valence-corrected chi connectivity index (χ1v) is 7.46. The topological polar surface area (TPSA) is 106 Å². The SMILES string of the molecule is COc1cc(C(=O)O)cc(C(=O)N[C@H](C)c2nncn2C(C)C)c1. The molecule has 1 heterocycles. The van der Waals surface area contributed by atoms with Gasteiger partial charge in [0, 0.05) is 11.6 Å². The number of carbonyl (C=O) groups is 2. The second kappa shape index (κ2) is 7.12. The summed E-state index contributed by atoms with van der Waals surface area (Å²) in [4.78, 5) is 23.6. The van der Waals surface area contributed by atoms with E-state index in [1.807, 2.05) is 18.4 Å². The molecule has 1 amide bonds. The third-order valence-electron chi connectivity index (χ3n) is 3.54. The van der Waals surface area contributed by atoms with Crippen molar-refractivity contribution in [3.8, 4) is 5.75 Å². The van der Waals surface area contributed by atoms with Crippen LogP contribution in [0.1, 0.15) is 59.4 Å². The van der Waals surface area contributed by atoms with Crippen LogP contribution in [0.15, 0.2) is 24.5 Å². The van der Waals surface area contributed by atoms with Gasteiger partial charge in [-0.2, -0.15) is 0 Å². The molecule has 2 aromatic rings. The predicted molar refractivity (Wildman–Crippen MR) is 86.2 cm³/mol. The largest absolute Gasteiger partial charge is 0.497 e. The lowest BCUT2D eigenvalue weighted by atomic mass is 10.1. The molecule has 0 saturated carbocycles. The molecule has 0 unspecified atom stereocenters. The first-order chi connectivity index (χ1) is 11.3. The van der Waals surface area contributed by atoms with Crippen LogP contribution in [0.2, 0.25) is 0 Å². The first-order valence-electron chi connectivity index (χ1n) is 7.46. The van der Waals surface area contributed by atoms with Crippen molar-refractivity contribution in [2.24, 2.45) is 0 Å². The summed E-state index contributed by atoms with van der Waals surface area (Å²) in [5, 5.41) is 19.8. The van der Waals surface area contributed by atoms with Gasteiger partial charge in [-0.05, 0) is 39.0 Å². The van der Waals surface area contributed by atoms with Gasteiger partial charge in [0.15, 0.2) is 5.82 Å². The maximum absolute atomic E-state index is 12.5. The fourth-order valence-electron chi connectivity index (χ4n) is 2.28. The fourth-order valence-corrected chi connectivity index (χ4v) is 2.28. The zero-order valence-electron chi connectivity index (χ0n) is 14.0. The lowest BCUT2D eigenvalue weighted by molar-refractivity contribution is 0.0696. The van der Waals surface area contributed by atoms with Crippen molar-refractivity contribution in [2.45, 2.75) is 32.9 Å². The summed E-state index contributed by atoms with van der Waals surface area (Å²) < 4.78 is 6.91. The first kappa shape index (κ1) is 17.5. The normalized spacial score (nSPS) is 12.0. The van der Waals surface area contributed by atoms with Crippen LogP contribution in [0.25, 0.3) is 0 Å². The summed E-state index contributed by atoms with van der Waals surface area (Å²) in [6.45, 7) is 5.77. The summed E-state index contributed by atoms with van der Waals surface area (Å²) >= 11 is 0. The van der Waals surface area contributed by atoms with Crippen molar-refractivity contribution < 1.29 is 19.4 Å². The van der Waals surface area contributed by atoms with E-state index in [2.05, 4.69) is 15.5 Å². The Kier molecular flexibility index (Phi) is 5.18. The Balaban J connectivity index is 2.24. The Bertz CT molecular complexity index is 754. The van der Waals surface area contributed by atoms with Crippen molar-refractivity contribution in [1.29, 1.82) is 0 Å². The number of hydrogen-bond donors (Lipinski definition) is 2. The van der Waals surface area contributed by atoms with Crippen LogP contribution in [0.3, 0.4) is 0 Å². The summed E-state index contributed by atoms with van der Waals surface area (Å²) in [5.41, 5.74) is 0.187. The van der Waals surface area contributed by atoms with Gasteiger partial charge >= 0.3 is 5.97 Å². The number of carboxylic acids is 1. The number of ether oxygens (including phenoxy) is 1. The highest BCUT2D eigenvalue weighted by atomic mass is 16.5. The molecule has 0 aliphatic rings. The molecule has 0 aliphatic heterocycles. The Morgan fingerprint density at radius 3 is 2.46 bits per heavy atom. The van der Waals surface area contributed by atoms with E-state index >= 15 is 0 Å². The highest BCUT2D eigenvalue weighted by molar-refractivity contribution is 5.98. The lowest BCUT2D eigenvalue weighted by Gasteiger charge is -2.17. The van der Waals surface area contributed by atoms with Crippen molar-refractivity contribution in [3.63, 3.8) is 0 Å². The van der Waals surface area contributed by atoms with Crippen LogP contribution in [0, 0.1) is 0 Å². The van der Waals surface area contributed by atoms with E-state index in [-0.39, 0.29) is 23.2 Å². The Labute approximate surface area is 139 Å². The molecule has 1 atom stereocenters. The molecule has 0 spiro atoms. The molecule has 24 heavy (non-hydrogen) atoms. The number of hydrogen-bond acceptors (Lipinski definition) is 5. The molecule has 0 aliphatic carbocycles. The van der Waals surface area contributed by atoms with Crippen LogP contribution >= 0.6 is 0 Å². The minimum Gasteiger partial charge on any atom is -0.497 e. The van der Waals surface area contributed by atoms with E-state index in [1.165, 1.54) is 25.3 Å². The lowest BCUT2D eigenvalue weighted by Crippen LogP contribution is -2.29. The molecule has 128 valence electrons. The van der Waals surface area contributed by atoms with E-state index in [4.69, 9.17) is 9.84 Å². The Morgan fingerprint density at radius 1 is 1.21 bits per heavy atom. The van der Waals surface area contributed by atoms with Crippen LogP contribution in [0.4, 0.5) is 0 Å². The zero-order chi connectivity index (χ0) is 17.9. The van der Waals surface area contributed by atoms with Crippen LogP contribution in [0.5, 0.6) is 5.75 Å². The number of methoxy groups -OCH3 is 1. The molecule has 0 fully saturated rings. The number of aromatic carboxylic acids is 1. The van der Waals surface area contributed by atoms with Crippen molar-refractivity contribution >= 4 is 11.9 Å². The Morgan fingerprint density at radius 2 is 1.88 bits per heavy atom. The zero-order valence-corrected chi connectivity index (χ0v) is 14.0. The molecular formula is C16H20N4O4. The number of carbonyl (C=O) groups excluding carboxylic acids is 1. The van der Waals surface area contributed by atoms with E-state index in [0.717, 1.165) is 0 Å². The second-order valence-corrected chi connectivity index (χ2v) is 5.64. The monoisotopic (exact) mass is 332 g/mol. The molecule has 8 nitrogen and oxygen atoms in total. The number of amides is 1. The molecule has 0 bridgehead atoms. The quantitative estimate of drug-likeness (QED) is 0.838. The fraction of sp³-hybridized carbons (Fsp3) is 0.375. The standard InChI is InChI=1S/C16H20N4O4/c1-9(2)20-8-17-19-14(20)10(3)18-15(21)11-5-12(16(22)23)7-13(6-11)24-4/h5-10H,1-4H3,(H,18,21)(H,22,23)/t10-/m1/s1. The number of rotatable bonds is 6. The smallest absolute Gasteiger partial charge is 0.335 e. The summed E-state index contributed by atoms with van der Waals surface area (Å²) in [5.74, 6) is -0.615. The van der Waals surface area contributed by atoms with E-state index < -0.39 is 11.9 Å². The molecule has 0 saturated heterocycles. The van der Waals surface area contributed by atoms with Crippen LogP contribution < -0.4 is 10.1 Å². The van der Waals surface area contributed by atoms with Gasteiger partial charge in [0.05, 0.1) is 18.7 Å². The van der Waals surface area contributed by atoms with Gasteiger partial charge in [0.25, 0.3) is 5.91 Å². The molecule has 0 radical (unpaired) electrons. The maximum Gasteiger partial charge on any atom is 0.335 e. The minimum absolute atomic E-state index is 0.0162. The third kappa shape index (κ3) is 3.70. The predicted octanol–water partition coefficient (Wildman–Crippen LogP) is 2.06. The molecular weight excluding hydrogens is 312 g/mol. The number of nitrogens with zero attached hydrogens (tertiary/aromatic N) is 3. The van der Waals surface area contributed by atoms with E-state index in [0.29, 0.717) is 11.6 Å². The van der Waals surface area contributed by atoms with Crippen molar-refractivity contribution in [3.05, 3.63) is 41.5 Å². The molecule has 8 heteroatoms. The van der Waals surface area contributed by atoms with Gasteiger partial charge in [0.1, 0.15) is 12.1 Å². The molecule has 1 aromatic heterocycles. The van der Waals surface area contributed by atoms with Crippen LogP contribution in [-0.4, -0.2) is 38.9 Å². The van der Waals surface area contributed by atoms with Gasteiger partial charge in [-0.3, -0.25) is 4.79 Å². The average Bonchev–Trinajstić information content (AvgIpc) is 3.04. The van der Waals surface area contributed by atoms with Gasteiger partial charge in [-0.25, -0.2) is 4.79 Å². The minimum atomic E-state index is -1.13. The number of nitrogens with one attached hydrogen (secondary N) is 1. The number of aromatic nitrogens is 3. The molecule has 1 aromatic carbocycles. The van der Waals surface area contributed by atoms with Crippen LogP contribution in [-0.2, 0) is 0 Å². The average molecular weight is 332 g/mol. The maximum atomic E-state index is 12.5. The van der Waals surface area contributed by atoms with Gasteiger partial charge in [0.2, 0.25) is 0 Å². The molecule has 2 N–H and O–H groups in total. The number of carboxylic acid groups (broad SMARTS) is 1. The van der Waals surface area contributed by atoms with Crippen molar-refractivity contribution in [2.75, 3.05) is 7.11 Å². The van der Waals surface area contributed by atoms with Gasteiger partial charge in [-0.1, -0.05) is 0 Å². The van der Waals surface area contributed by atoms with E-state index in [9.17, 15) is 9.59 Å². The summed E-state index contributed by atoms with van der Waals surface area (Å²) in [6, 6.07) is 3.92. The summed E-state index contributed by atoms with van der Waals surface area (Å²) in [6.07, 6.45) is 1.61. The third-order valence-corrected chi connectivity index (χ3v) is 3.54. The summed E-state index contributed by atoms with van der Waals surface area (Å²) in [7, 11) is 1.41. The van der Waals surface area contributed by atoms with Crippen molar-refractivity contribution in [1.82, 2.24) is 20.1 Å². The second-order valence-electron chi connectivity index (χ2n) is 5.64. The highest BCUT2D eigenvalue weighted by Gasteiger charge is 2.19. The van der Waals surface area contributed by atoms with Gasteiger partial charge in [-0.15, -0.1) is 10.2 Å². The van der Waals surface area contributed by atoms with Gasteiger partial charge < -0.3 is 19.7 Å². The van der Waals surface area contributed by atoms with E-state index in [1.54, 1.807) is 13.3 Å². The highest BCUT2D eigenvalue weighted by Crippen LogP contribution is 2.19.